The van der Waals surface area contributed by atoms with Crippen LogP contribution >= 0.6 is 0 Å². The predicted octanol–water partition coefficient (Wildman–Crippen LogP) is 5.10. The molecule has 0 spiro atoms. The molecule has 0 aliphatic rings. The van der Waals surface area contributed by atoms with Crippen molar-refractivity contribution in [3.63, 3.8) is 0 Å². The standard InChI is InChI=1S/C26H28N4O3/c1-4-5-6-19-7-9-20(10-8-19)30-28-24-15-18(2)23(16-25(24)29-30)27-26(31)17-33-22-13-11-21(32-3)12-14-22/h7-16H,4-6,17H2,1-3H3,(H,27,31). The Kier molecular flexibility index (Phi) is 6.88. The van der Waals surface area contributed by atoms with E-state index in [0.717, 1.165) is 28.9 Å². The van der Waals surface area contributed by atoms with Gasteiger partial charge >= 0.3 is 0 Å². The van der Waals surface area contributed by atoms with Gasteiger partial charge < -0.3 is 14.8 Å². The van der Waals surface area contributed by atoms with Crippen LogP contribution in [0.3, 0.4) is 0 Å². The number of aromatic nitrogens is 3. The van der Waals surface area contributed by atoms with Crippen LogP contribution in [-0.4, -0.2) is 34.6 Å². The van der Waals surface area contributed by atoms with E-state index in [1.165, 1.54) is 18.4 Å². The molecule has 0 fully saturated rings. The molecule has 0 saturated heterocycles. The first-order valence-electron chi connectivity index (χ1n) is 11.1. The molecule has 33 heavy (non-hydrogen) atoms. The fraction of sp³-hybridized carbons (Fsp3) is 0.269. The molecule has 7 nitrogen and oxygen atoms in total. The highest BCUT2D eigenvalue weighted by atomic mass is 16.5. The molecule has 0 radical (unpaired) electrons. The highest BCUT2D eigenvalue weighted by Crippen LogP contribution is 2.23. The normalized spacial score (nSPS) is 10.9. The molecule has 7 heteroatoms. The van der Waals surface area contributed by atoms with Crippen LogP contribution in [0.2, 0.25) is 0 Å². The Bertz CT molecular complexity index is 1230. The average molecular weight is 445 g/mol. The lowest BCUT2D eigenvalue weighted by atomic mass is 10.1. The van der Waals surface area contributed by atoms with E-state index in [1.54, 1.807) is 36.2 Å². The maximum Gasteiger partial charge on any atom is 0.262 e. The summed E-state index contributed by atoms with van der Waals surface area (Å²) in [6, 6.07) is 19.2. The van der Waals surface area contributed by atoms with Gasteiger partial charge in [0, 0.05) is 5.69 Å². The van der Waals surface area contributed by atoms with Crippen molar-refractivity contribution in [3.05, 3.63) is 71.8 Å². The van der Waals surface area contributed by atoms with Crippen molar-refractivity contribution >= 4 is 22.6 Å². The van der Waals surface area contributed by atoms with Gasteiger partial charge in [-0.25, -0.2) is 0 Å². The molecule has 0 saturated carbocycles. The Morgan fingerprint density at radius 3 is 2.30 bits per heavy atom. The van der Waals surface area contributed by atoms with Crippen LogP contribution in [-0.2, 0) is 11.2 Å². The zero-order valence-corrected chi connectivity index (χ0v) is 19.2. The maximum absolute atomic E-state index is 12.4. The van der Waals surface area contributed by atoms with Crippen molar-refractivity contribution in [3.8, 4) is 17.2 Å². The number of unbranched alkanes of at least 4 members (excludes halogenated alkanes) is 1. The number of ether oxygens (including phenoxy) is 2. The van der Waals surface area contributed by atoms with Gasteiger partial charge in [-0.15, -0.1) is 10.2 Å². The van der Waals surface area contributed by atoms with Crippen molar-refractivity contribution in [2.75, 3.05) is 19.0 Å². The summed E-state index contributed by atoms with van der Waals surface area (Å²) < 4.78 is 10.7. The van der Waals surface area contributed by atoms with Crippen molar-refractivity contribution in [2.24, 2.45) is 0 Å². The molecule has 0 bridgehead atoms. The summed E-state index contributed by atoms with van der Waals surface area (Å²) in [5, 5.41) is 12.1. The topological polar surface area (TPSA) is 78.3 Å². The SMILES string of the molecule is CCCCc1ccc(-n2nc3cc(C)c(NC(=O)COc4ccc(OC)cc4)cc3n2)cc1. The van der Waals surface area contributed by atoms with Gasteiger partial charge in [0.1, 0.15) is 22.5 Å². The molecule has 1 heterocycles. The Balaban J connectivity index is 1.44. The monoisotopic (exact) mass is 444 g/mol. The molecule has 4 aromatic rings. The molecule has 1 amide bonds. The molecule has 0 unspecified atom stereocenters. The summed E-state index contributed by atoms with van der Waals surface area (Å²) in [6.07, 6.45) is 3.44. The number of carbonyl (C=O) groups excluding carboxylic acids is 1. The molecular weight excluding hydrogens is 416 g/mol. The fourth-order valence-electron chi connectivity index (χ4n) is 3.50. The van der Waals surface area contributed by atoms with Crippen molar-refractivity contribution < 1.29 is 14.3 Å². The quantitative estimate of drug-likeness (QED) is 0.389. The van der Waals surface area contributed by atoms with Gasteiger partial charge in [-0.1, -0.05) is 25.5 Å². The summed E-state index contributed by atoms with van der Waals surface area (Å²) in [6.45, 7) is 4.03. The molecule has 4 rings (SSSR count). The number of carbonyl (C=O) groups is 1. The van der Waals surface area contributed by atoms with E-state index in [0.29, 0.717) is 17.0 Å². The number of aryl methyl sites for hydroxylation is 2. The highest BCUT2D eigenvalue weighted by Gasteiger charge is 2.11. The third-order valence-electron chi connectivity index (χ3n) is 5.42. The average Bonchev–Trinajstić information content (AvgIpc) is 3.25. The van der Waals surface area contributed by atoms with Crippen LogP contribution in [0, 0.1) is 6.92 Å². The Morgan fingerprint density at radius 2 is 1.64 bits per heavy atom. The van der Waals surface area contributed by atoms with Gasteiger partial charge in [0.25, 0.3) is 5.91 Å². The first-order valence-corrected chi connectivity index (χ1v) is 11.1. The van der Waals surface area contributed by atoms with Crippen molar-refractivity contribution in [1.29, 1.82) is 0 Å². The first kappa shape index (κ1) is 22.3. The summed E-state index contributed by atoms with van der Waals surface area (Å²) in [4.78, 5) is 14.1. The molecule has 0 atom stereocenters. The maximum atomic E-state index is 12.4. The van der Waals surface area contributed by atoms with Gasteiger partial charge in [-0.05, 0) is 79.4 Å². The number of methoxy groups -OCH3 is 1. The lowest BCUT2D eigenvalue weighted by Gasteiger charge is -2.10. The largest absolute Gasteiger partial charge is 0.497 e. The summed E-state index contributed by atoms with van der Waals surface area (Å²) in [5.41, 5.74) is 5.30. The smallest absolute Gasteiger partial charge is 0.262 e. The minimum absolute atomic E-state index is 0.0964. The zero-order valence-electron chi connectivity index (χ0n) is 19.2. The van der Waals surface area contributed by atoms with E-state index >= 15 is 0 Å². The number of fused-ring (bicyclic) bond motifs is 1. The zero-order chi connectivity index (χ0) is 23.2. The lowest BCUT2D eigenvalue weighted by Crippen LogP contribution is -2.20. The van der Waals surface area contributed by atoms with E-state index < -0.39 is 0 Å². The third-order valence-corrected chi connectivity index (χ3v) is 5.42. The highest BCUT2D eigenvalue weighted by molar-refractivity contribution is 5.95. The Morgan fingerprint density at radius 1 is 0.970 bits per heavy atom. The van der Waals surface area contributed by atoms with Crippen molar-refractivity contribution in [1.82, 2.24) is 15.0 Å². The van der Waals surface area contributed by atoms with E-state index in [1.807, 2.05) is 31.2 Å². The van der Waals surface area contributed by atoms with Crippen LogP contribution in [0.4, 0.5) is 5.69 Å². The van der Waals surface area contributed by atoms with Gasteiger partial charge in [0.15, 0.2) is 6.61 Å². The minimum atomic E-state index is -0.247. The molecular formula is C26H28N4O3. The number of anilines is 1. The molecule has 3 aromatic carbocycles. The number of hydrogen-bond donors (Lipinski definition) is 1. The van der Waals surface area contributed by atoms with Gasteiger partial charge in [0.2, 0.25) is 0 Å². The molecule has 1 N–H and O–H groups in total. The van der Waals surface area contributed by atoms with Gasteiger partial charge in [-0.3, -0.25) is 4.79 Å². The lowest BCUT2D eigenvalue weighted by molar-refractivity contribution is -0.118. The van der Waals surface area contributed by atoms with E-state index in [2.05, 4.69) is 34.6 Å². The van der Waals surface area contributed by atoms with E-state index in [9.17, 15) is 4.79 Å². The fourth-order valence-corrected chi connectivity index (χ4v) is 3.50. The van der Waals surface area contributed by atoms with E-state index in [4.69, 9.17) is 9.47 Å². The van der Waals surface area contributed by atoms with Crippen LogP contribution in [0.15, 0.2) is 60.7 Å². The van der Waals surface area contributed by atoms with Crippen LogP contribution in [0.1, 0.15) is 30.9 Å². The molecule has 1 aromatic heterocycles. The summed E-state index contributed by atoms with van der Waals surface area (Å²) in [7, 11) is 1.60. The first-order chi connectivity index (χ1) is 16.1. The second kappa shape index (κ2) is 10.2. The number of nitrogens with one attached hydrogen (secondary N) is 1. The van der Waals surface area contributed by atoms with Crippen molar-refractivity contribution in [2.45, 2.75) is 33.1 Å². The predicted molar refractivity (Wildman–Crippen MR) is 129 cm³/mol. The van der Waals surface area contributed by atoms with Crippen LogP contribution in [0.25, 0.3) is 16.7 Å². The molecule has 170 valence electrons. The molecule has 0 aliphatic carbocycles. The van der Waals surface area contributed by atoms with Crippen LogP contribution in [0.5, 0.6) is 11.5 Å². The van der Waals surface area contributed by atoms with E-state index in [-0.39, 0.29) is 12.5 Å². The number of amides is 1. The molecule has 0 aliphatic heterocycles. The number of rotatable bonds is 9. The van der Waals surface area contributed by atoms with Crippen LogP contribution < -0.4 is 14.8 Å². The Hall–Kier alpha value is -3.87. The second-order valence-corrected chi connectivity index (χ2v) is 7.93. The summed E-state index contributed by atoms with van der Waals surface area (Å²) >= 11 is 0. The van der Waals surface area contributed by atoms with Gasteiger partial charge in [0.05, 0.1) is 12.8 Å². The number of nitrogens with zero attached hydrogens (tertiary/aromatic N) is 3. The second-order valence-electron chi connectivity index (χ2n) is 7.93. The van der Waals surface area contributed by atoms with Gasteiger partial charge in [-0.2, -0.15) is 4.80 Å². The Labute approximate surface area is 193 Å². The number of hydrogen-bond acceptors (Lipinski definition) is 5. The third kappa shape index (κ3) is 5.49. The number of benzene rings is 3. The minimum Gasteiger partial charge on any atom is -0.497 e. The summed E-state index contributed by atoms with van der Waals surface area (Å²) in [5.74, 6) is 1.08.